The normalized spacial score (nSPS) is 12.5. The van der Waals surface area contributed by atoms with Crippen LogP contribution in [0, 0.1) is 13.8 Å². The molecule has 25 heavy (non-hydrogen) atoms. The van der Waals surface area contributed by atoms with Gasteiger partial charge in [0.15, 0.2) is 0 Å². The standard InChI is InChI=1S/C18H23N3O3S/c1-13-7-8-14(2)17(10-13)21(25(4,23)24)15(3)18(22)20-12-16-6-5-9-19-11-16/h5-11,15H,12H2,1-4H3,(H,20,22). The summed E-state index contributed by atoms with van der Waals surface area (Å²) in [6.07, 6.45) is 4.42. The molecule has 7 heteroatoms. The van der Waals surface area contributed by atoms with Crippen molar-refractivity contribution in [1.82, 2.24) is 10.3 Å². The topological polar surface area (TPSA) is 79.4 Å². The van der Waals surface area contributed by atoms with Crippen LogP contribution in [0.3, 0.4) is 0 Å². The maximum absolute atomic E-state index is 12.5. The summed E-state index contributed by atoms with van der Waals surface area (Å²) in [6.45, 7) is 5.59. The Hall–Kier alpha value is -2.41. The van der Waals surface area contributed by atoms with Crippen LogP contribution in [0.4, 0.5) is 5.69 Å². The molecule has 1 aromatic carbocycles. The van der Waals surface area contributed by atoms with E-state index >= 15 is 0 Å². The number of anilines is 1. The number of carbonyl (C=O) groups is 1. The van der Waals surface area contributed by atoms with Crippen LogP contribution in [0.1, 0.15) is 23.6 Å². The molecule has 0 spiro atoms. The molecule has 0 aliphatic heterocycles. The number of hydrogen-bond donors (Lipinski definition) is 1. The van der Waals surface area contributed by atoms with Gasteiger partial charge in [0.2, 0.25) is 15.9 Å². The number of nitrogens with zero attached hydrogens (tertiary/aromatic N) is 2. The number of amides is 1. The molecule has 2 rings (SSSR count). The van der Waals surface area contributed by atoms with Crippen LogP contribution in [0.2, 0.25) is 0 Å². The first kappa shape index (κ1) is 18.9. The van der Waals surface area contributed by atoms with Crippen molar-refractivity contribution >= 4 is 21.6 Å². The van der Waals surface area contributed by atoms with Crippen molar-refractivity contribution < 1.29 is 13.2 Å². The molecule has 1 unspecified atom stereocenters. The van der Waals surface area contributed by atoms with E-state index in [1.165, 1.54) is 4.31 Å². The molecule has 134 valence electrons. The van der Waals surface area contributed by atoms with Gasteiger partial charge in [-0.1, -0.05) is 18.2 Å². The average Bonchev–Trinajstić information content (AvgIpc) is 2.55. The number of hydrogen-bond acceptors (Lipinski definition) is 4. The minimum absolute atomic E-state index is 0.293. The van der Waals surface area contributed by atoms with Crippen molar-refractivity contribution in [3.05, 3.63) is 59.4 Å². The Labute approximate surface area is 148 Å². The lowest BCUT2D eigenvalue weighted by atomic mass is 10.1. The third-order valence-corrected chi connectivity index (χ3v) is 5.11. The molecule has 6 nitrogen and oxygen atoms in total. The van der Waals surface area contributed by atoms with Gasteiger partial charge in [-0.25, -0.2) is 8.42 Å². The Morgan fingerprint density at radius 3 is 2.60 bits per heavy atom. The lowest BCUT2D eigenvalue weighted by molar-refractivity contribution is -0.122. The summed E-state index contributed by atoms with van der Waals surface area (Å²) in [5, 5.41) is 2.77. The smallest absolute Gasteiger partial charge is 0.243 e. The van der Waals surface area contributed by atoms with Crippen LogP contribution < -0.4 is 9.62 Å². The molecule has 0 fully saturated rings. The lowest BCUT2D eigenvalue weighted by Gasteiger charge is -2.29. The van der Waals surface area contributed by atoms with E-state index in [-0.39, 0.29) is 5.91 Å². The monoisotopic (exact) mass is 361 g/mol. The SMILES string of the molecule is Cc1ccc(C)c(N(C(C)C(=O)NCc2cccnc2)S(C)(=O)=O)c1. The second-order valence-corrected chi connectivity index (χ2v) is 7.96. The van der Waals surface area contributed by atoms with E-state index in [1.807, 2.05) is 32.0 Å². The first-order valence-corrected chi connectivity index (χ1v) is 9.78. The van der Waals surface area contributed by atoms with E-state index in [0.29, 0.717) is 12.2 Å². The number of aryl methyl sites for hydroxylation is 2. The van der Waals surface area contributed by atoms with Crippen LogP contribution >= 0.6 is 0 Å². The van der Waals surface area contributed by atoms with Gasteiger partial charge in [-0.3, -0.25) is 14.1 Å². The quantitative estimate of drug-likeness (QED) is 0.855. The molecule has 0 aliphatic rings. The van der Waals surface area contributed by atoms with Crippen molar-refractivity contribution in [2.45, 2.75) is 33.4 Å². The number of aromatic nitrogens is 1. The number of benzene rings is 1. The largest absolute Gasteiger partial charge is 0.350 e. The number of carbonyl (C=O) groups excluding carboxylic acids is 1. The van der Waals surface area contributed by atoms with Crippen LogP contribution in [0.5, 0.6) is 0 Å². The van der Waals surface area contributed by atoms with E-state index < -0.39 is 16.1 Å². The number of pyridine rings is 1. The summed E-state index contributed by atoms with van der Waals surface area (Å²) in [7, 11) is -3.62. The highest BCUT2D eigenvalue weighted by molar-refractivity contribution is 7.92. The predicted octanol–water partition coefficient (Wildman–Crippen LogP) is 2.17. The molecule has 1 atom stereocenters. The van der Waals surface area contributed by atoms with Crippen molar-refractivity contribution in [1.29, 1.82) is 0 Å². The molecule has 0 saturated carbocycles. The van der Waals surface area contributed by atoms with E-state index in [1.54, 1.807) is 31.5 Å². The van der Waals surface area contributed by atoms with Gasteiger partial charge in [0, 0.05) is 18.9 Å². The molecule has 1 heterocycles. The molecule has 0 bridgehead atoms. The molecule has 0 saturated heterocycles. The molecule has 0 radical (unpaired) electrons. The highest BCUT2D eigenvalue weighted by Gasteiger charge is 2.30. The van der Waals surface area contributed by atoms with Gasteiger partial charge in [-0.15, -0.1) is 0 Å². The van der Waals surface area contributed by atoms with Crippen LogP contribution in [-0.2, 0) is 21.4 Å². The average molecular weight is 361 g/mol. The molecule has 0 aliphatic carbocycles. The van der Waals surface area contributed by atoms with Gasteiger partial charge in [-0.05, 0) is 49.6 Å². The third-order valence-electron chi connectivity index (χ3n) is 3.88. The van der Waals surface area contributed by atoms with Crippen molar-refractivity contribution in [3.8, 4) is 0 Å². The summed E-state index contributed by atoms with van der Waals surface area (Å²) in [6, 6.07) is 8.30. The van der Waals surface area contributed by atoms with E-state index in [2.05, 4.69) is 10.3 Å². The third kappa shape index (κ3) is 4.79. The molecule has 1 N–H and O–H groups in total. The zero-order valence-corrected chi connectivity index (χ0v) is 15.7. The van der Waals surface area contributed by atoms with Gasteiger partial charge in [0.05, 0.1) is 11.9 Å². The molecular weight excluding hydrogens is 338 g/mol. The van der Waals surface area contributed by atoms with Gasteiger partial charge in [0.1, 0.15) is 6.04 Å². The van der Waals surface area contributed by atoms with Crippen molar-refractivity contribution in [2.75, 3.05) is 10.6 Å². The van der Waals surface area contributed by atoms with Gasteiger partial charge in [-0.2, -0.15) is 0 Å². The van der Waals surface area contributed by atoms with Crippen molar-refractivity contribution in [2.24, 2.45) is 0 Å². The summed E-state index contributed by atoms with van der Waals surface area (Å²) < 4.78 is 25.9. The fourth-order valence-electron chi connectivity index (χ4n) is 2.58. The van der Waals surface area contributed by atoms with E-state index in [0.717, 1.165) is 22.9 Å². The highest BCUT2D eigenvalue weighted by Crippen LogP contribution is 2.26. The summed E-state index contributed by atoms with van der Waals surface area (Å²) in [5.41, 5.74) is 3.09. The molecule has 2 aromatic rings. The fourth-order valence-corrected chi connectivity index (χ4v) is 3.80. The van der Waals surface area contributed by atoms with E-state index in [4.69, 9.17) is 0 Å². The second-order valence-electron chi connectivity index (χ2n) is 6.10. The van der Waals surface area contributed by atoms with Crippen molar-refractivity contribution in [3.63, 3.8) is 0 Å². The maximum atomic E-state index is 12.5. The molecule has 1 amide bonds. The van der Waals surface area contributed by atoms with Gasteiger partial charge in [0.25, 0.3) is 0 Å². The Morgan fingerprint density at radius 1 is 1.28 bits per heavy atom. The molecular formula is C18H23N3O3S. The van der Waals surface area contributed by atoms with Gasteiger partial charge < -0.3 is 5.32 Å². The Kier molecular flexibility index (Phi) is 5.79. The fraction of sp³-hybridized carbons (Fsp3) is 0.333. The molecule has 1 aromatic heterocycles. The minimum atomic E-state index is -3.62. The summed E-state index contributed by atoms with van der Waals surface area (Å²) in [4.78, 5) is 16.5. The second kappa shape index (κ2) is 7.65. The number of nitrogens with one attached hydrogen (secondary N) is 1. The van der Waals surface area contributed by atoms with Crippen LogP contribution in [0.15, 0.2) is 42.7 Å². The summed E-state index contributed by atoms with van der Waals surface area (Å²) >= 11 is 0. The predicted molar refractivity (Wildman–Crippen MR) is 98.8 cm³/mol. The maximum Gasteiger partial charge on any atom is 0.243 e. The number of sulfonamides is 1. The highest BCUT2D eigenvalue weighted by atomic mass is 32.2. The first-order valence-electron chi connectivity index (χ1n) is 7.93. The van der Waals surface area contributed by atoms with E-state index in [9.17, 15) is 13.2 Å². The summed E-state index contributed by atoms with van der Waals surface area (Å²) in [5.74, 6) is -0.366. The lowest BCUT2D eigenvalue weighted by Crippen LogP contribution is -2.48. The zero-order chi connectivity index (χ0) is 18.6. The number of rotatable bonds is 6. The zero-order valence-electron chi connectivity index (χ0n) is 14.9. The Morgan fingerprint density at radius 2 is 2.00 bits per heavy atom. The Balaban J connectivity index is 2.25. The Bertz CT molecular complexity index is 851. The minimum Gasteiger partial charge on any atom is -0.350 e. The van der Waals surface area contributed by atoms with Gasteiger partial charge >= 0.3 is 0 Å². The van der Waals surface area contributed by atoms with Crippen LogP contribution in [-0.4, -0.2) is 31.6 Å². The first-order chi connectivity index (χ1) is 11.7. The van der Waals surface area contributed by atoms with Crippen LogP contribution in [0.25, 0.3) is 0 Å².